The molecule has 1 aromatic carbocycles. The molecular formula is C13H10BrNO6. The molecule has 8 heteroatoms. The number of hydrogen-bond acceptors (Lipinski definition) is 6. The highest BCUT2D eigenvalue weighted by atomic mass is 79.9. The number of carbonyl (C=O) groups is 2. The Morgan fingerprint density at radius 1 is 1.24 bits per heavy atom. The molecule has 1 aliphatic heterocycles. The van der Waals surface area contributed by atoms with Crippen LogP contribution >= 0.6 is 15.9 Å². The summed E-state index contributed by atoms with van der Waals surface area (Å²) in [5, 5.41) is 10.8. The summed E-state index contributed by atoms with van der Waals surface area (Å²) >= 11 is 3.20. The van der Waals surface area contributed by atoms with Crippen LogP contribution in [0, 0.1) is 10.1 Å². The molecule has 1 heterocycles. The number of rotatable bonds is 2. The molecule has 110 valence electrons. The summed E-state index contributed by atoms with van der Waals surface area (Å²) in [5.41, 5.74) is -0.189. The van der Waals surface area contributed by atoms with Gasteiger partial charge in [0, 0.05) is 30.5 Å². The van der Waals surface area contributed by atoms with Crippen molar-refractivity contribution in [2.24, 2.45) is 0 Å². The van der Waals surface area contributed by atoms with Gasteiger partial charge in [-0.2, -0.15) is 0 Å². The Labute approximate surface area is 127 Å². The van der Waals surface area contributed by atoms with Crippen LogP contribution in [0.25, 0.3) is 6.08 Å². The minimum Gasteiger partial charge on any atom is -0.419 e. The van der Waals surface area contributed by atoms with Gasteiger partial charge in [0.25, 0.3) is 11.5 Å². The summed E-state index contributed by atoms with van der Waals surface area (Å²) in [6, 6.07) is 3.98. The van der Waals surface area contributed by atoms with E-state index in [-0.39, 0.29) is 11.3 Å². The van der Waals surface area contributed by atoms with E-state index in [1.807, 2.05) is 0 Å². The van der Waals surface area contributed by atoms with Gasteiger partial charge >= 0.3 is 11.9 Å². The van der Waals surface area contributed by atoms with Crippen molar-refractivity contribution >= 4 is 39.6 Å². The molecule has 0 aromatic heterocycles. The molecule has 21 heavy (non-hydrogen) atoms. The molecule has 0 bridgehead atoms. The predicted octanol–water partition coefficient (Wildman–Crippen LogP) is 2.58. The zero-order valence-electron chi connectivity index (χ0n) is 11.1. The van der Waals surface area contributed by atoms with Crippen molar-refractivity contribution in [1.82, 2.24) is 0 Å². The van der Waals surface area contributed by atoms with Gasteiger partial charge in [-0.05, 0) is 17.7 Å². The maximum atomic E-state index is 11.8. The molecule has 0 aliphatic carbocycles. The molecule has 1 saturated heterocycles. The van der Waals surface area contributed by atoms with Gasteiger partial charge in [0.05, 0.1) is 4.92 Å². The maximum Gasteiger partial charge on any atom is 0.348 e. The molecule has 0 N–H and O–H groups in total. The van der Waals surface area contributed by atoms with Crippen LogP contribution < -0.4 is 0 Å². The van der Waals surface area contributed by atoms with Crippen molar-refractivity contribution in [2.45, 2.75) is 19.6 Å². The molecule has 1 fully saturated rings. The zero-order chi connectivity index (χ0) is 15.8. The second-order valence-electron chi connectivity index (χ2n) is 4.70. The topological polar surface area (TPSA) is 95.7 Å². The Morgan fingerprint density at radius 3 is 2.33 bits per heavy atom. The molecule has 2 rings (SSSR count). The number of benzene rings is 1. The van der Waals surface area contributed by atoms with Crippen LogP contribution in [0.15, 0.2) is 28.2 Å². The van der Waals surface area contributed by atoms with Crippen LogP contribution in [-0.4, -0.2) is 22.6 Å². The van der Waals surface area contributed by atoms with Crippen LogP contribution in [0.2, 0.25) is 0 Å². The normalized spacial score (nSPS) is 17.0. The SMILES string of the molecule is CC1(C)OC(=O)C(=Cc2cc([N+](=O)[O-])ccc2Br)C(=O)O1. The van der Waals surface area contributed by atoms with Gasteiger partial charge in [-0.3, -0.25) is 10.1 Å². The van der Waals surface area contributed by atoms with E-state index in [2.05, 4.69) is 15.9 Å². The number of carbonyl (C=O) groups excluding carboxylic acids is 2. The quantitative estimate of drug-likeness (QED) is 0.266. The van der Waals surface area contributed by atoms with Gasteiger partial charge in [0.1, 0.15) is 5.57 Å². The summed E-state index contributed by atoms with van der Waals surface area (Å²) in [6.07, 6.45) is 1.19. The molecular weight excluding hydrogens is 346 g/mol. The number of nitro groups is 1. The number of cyclic esters (lactones) is 2. The molecule has 0 radical (unpaired) electrons. The van der Waals surface area contributed by atoms with E-state index in [4.69, 9.17) is 9.47 Å². The monoisotopic (exact) mass is 355 g/mol. The summed E-state index contributed by atoms with van der Waals surface area (Å²) in [4.78, 5) is 33.8. The van der Waals surface area contributed by atoms with E-state index in [1.54, 1.807) is 0 Å². The average molecular weight is 356 g/mol. The van der Waals surface area contributed by atoms with E-state index in [1.165, 1.54) is 38.1 Å². The van der Waals surface area contributed by atoms with E-state index in [9.17, 15) is 19.7 Å². The van der Waals surface area contributed by atoms with Gasteiger partial charge in [0.15, 0.2) is 0 Å². The second kappa shape index (κ2) is 5.28. The molecule has 0 spiro atoms. The highest BCUT2D eigenvalue weighted by molar-refractivity contribution is 9.10. The Balaban J connectivity index is 2.44. The van der Waals surface area contributed by atoms with Crippen LogP contribution in [0.4, 0.5) is 5.69 Å². The first-order valence-corrected chi connectivity index (χ1v) is 6.61. The minimum atomic E-state index is -1.33. The fourth-order valence-electron chi connectivity index (χ4n) is 1.69. The van der Waals surface area contributed by atoms with E-state index in [0.717, 1.165) is 0 Å². The fraction of sp³-hybridized carbons (Fsp3) is 0.231. The number of nitrogens with zero attached hydrogens (tertiary/aromatic N) is 1. The zero-order valence-corrected chi connectivity index (χ0v) is 12.7. The summed E-state index contributed by atoms with van der Waals surface area (Å²) in [7, 11) is 0. The molecule has 0 amide bonds. The van der Waals surface area contributed by atoms with Crippen molar-refractivity contribution in [1.29, 1.82) is 0 Å². The van der Waals surface area contributed by atoms with Crippen molar-refractivity contribution in [2.75, 3.05) is 0 Å². The standard InChI is InChI=1S/C13H10BrNO6/c1-13(2)20-11(16)9(12(17)21-13)6-7-5-8(15(18)19)3-4-10(7)14/h3-6H,1-2H3. The Hall–Kier alpha value is -2.22. The van der Waals surface area contributed by atoms with Gasteiger partial charge < -0.3 is 9.47 Å². The molecule has 7 nitrogen and oxygen atoms in total. The number of ether oxygens (including phenoxy) is 2. The third-order valence-electron chi connectivity index (χ3n) is 2.61. The number of non-ortho nitro benzene ring substituents is 1. The second-order valence-corrected chi connectivity index (χ2v) is 5.55. The van der Waals surface area contributed by atoms with Gasteiger partial charge in [-0.15, -0.1) is 0 Å². The largest absolute Gasteiger partial charge is 0.419 e. The van der Waals surface area contributed by atoms with Crippen LogP contribution in [0.5, 0.6) is 0 Å². The number of hydrogen-bond donors (Lipinski definition) is 0. The number of nitro benzene ring substituents is 1. The lowest BCUT2D eigenvalue weighted by molar-refractivity contribution is -0.384. The van der Waals surface area contributed by atoms with Crippen LogP contribution in [-0.2, 0) is 19.1 Å². The summed E-state index contributed by atoms with van der Waals surface area (Å²) in [6.45, 7) is 2.87. The maximum absolute atomic E-state index is 11.8. The van der Waals surface area contributed by atoms with Gasteiger partial charge in [0.2, 0.25) is 0 Å². The summed E-state index contributed by atoms with van der Waals surface area (Å²) in [5.74, 6) is -3.00. The molecule has 0 saturated carbocycles. The van der Waals surface area contributed by atoms with E-state index < -0.39 is 22.6 Å². The first-order valence-electron chi connectivity index (χ1n) is 5.82. The molecule has 1 aliphatic rings. The van der Waals surface area contributed by atoms with Gasteiger partial charge in [-0.25, -0.2) is 9.59 Å². The highest BCUT2D eigenvalue weighted by Crippen LogP contribution is 2.28. The van der Waals surface area contributed by atoms with E-state index >= 15 is 0 Å². The Kier molecular flexibility index (Phi) is 3.82. The van der Waals surface area contributed by atoms with Crippen molar-refractivity contribution in [3.8, 4) is 0 Å². The molecule has 1 aromatic rings. The van der Waals surface area contributed by atoms with Crippen molar-refractivity contribution in [3.05, 3.63) is 43.9 Å². The van der Waals surface area contributed by atoms with Crippen LogP contribution in [0.3, 0.4) is 0 Å². The smallest absolute Gasteiger partial charge is 0.348 e. The van der Waals surface area contributed by atoms with E-state index in [0.29, 0.717) is 10.0 Å². The van der Waals surface area contributed by atoms with Crippen molar-refractivity contribution in [3.63, 3.8) is 0 Å². The lowest BCUT2D eigenvalue weighted by Crippen LogP contribution is -2.41. The Morgan fingerprint density at radius 2 is 1.81 bits per heavy atom. The first-order chi connectivity index (χ1) is 9.69. The third-order valence-corrected chi connectivity index (χ3v) is 3.33. The molecule has 0 atom stereocenters. The van der Waals surface area contributed by atoms with Crippen molar-refractivity contribution < 1.29 is 24.0 Å². The lowest BCUT2D eigenvalue weighted by Gasteiger charge is -2.29. The average Bonchev–Trinajstić information content (AvgIpc) is 2.34. The third kappa shape index (κ3) is 3.27. The minimum absolute atomic E-state index is 0.164. The Bertz CT molecular complexity index is 657. The van der Waals surface area contributed by atoms with Crippen LogP contribution in [0.1, 0.15) is 19.4 Å². The lowest BCUT2D eigenvalue weighted by atomic mass is 10.1. The number of halogens is 1. The summed E-state index contributed by atoms with van der Waals surface area (Å²) < 4.78 is 10.4. The first kappa shape index (κ1) is 15.2. The predicted molar refractivity (Wildman–Crippen MR) is 75.0 cm³/mol. The highest BCUT2D eigenvalue weighted by Gasteiger charge is 2.38. The number of esters is 2. The molecule has 0 unspecified atom stereocenters. The fourth-order valence-corrected chi connectivity index (χ4v) is 2.05. The van der Waals surface area contributed by atoms with Gasteiger partial charge in [-0.1, -0.05) is 15.9 Å².